The Kier molecular flexibility index (Phi) is 5.17. The highest BCUT2D eigenvalue weighted by molar-refractivity contribution is 9.10. The lowest BCUT2D eigenvalue weighted by molar-refractivity contribution is 0.0951. The third-order valence-electron chi connectivity index (χ3n) is 2.95. The molecule has 104 valence electrons. The van der Waals surface area contributed by atoms with Crippen LogP contribution in [0.1, 0.15) is 21.5 Å². The van der Waals surface area contributed by atoms with E-state index in [0.717, 1.165) is 15.6 Å². The number of nitrogens with one attached hydrogen (secondary N) is 1. The van der Waals surface area contributed by atoms with Gasteiger partial charge in [0.15, 0.2) is 0 Å². The normalized spacial score (nSPS) is 10.3. The maximum absolute atomic E-state index is 12.1. The van der Waals surface area contributed by atoms with Crippen LogP contribution in [0.5, 0.6) is 0 Å². The molecule has 0 fully saturated rings. The number of benzene rings is 2. The molecule has 0 bridgehead atoms. The highest BCUT2D eigenvalue weighted by Gasteiger charge is 2.11. The molecule has 2 rings (SSSR count). The van der Waals surface area contributed by atoms with Crippen LogP contribution in [-0.2, 0) is 13.1 Å². The van der Waals surface area contributed by atoms with Gasteiger partial charge in [-0.05, 0) is 29.3 Å². The summed E-state index contributed by atoms with van der Waals surface area (Å²) in [6.07, 6.45) is 0. The first-order valence-corrected chi connectivity index (χ1v) is 7.29. The molecule has 2 aromatic carbocycles. The standard InChI is InChI=1S/C15H14BrClN2O/c16-12-5-6-14(17)13(7-12)15(20)19-9-11-4-2-1-3-10(11)8-18/h1-7H,8-9,18H2,(H,19,20). The first kappa shape index (κ1) is 15.0. The van der Waals surface area contributed by atoms with Gasteiger partial charge in [-0.1, -0.05) is 51.8 Å². The van der Waals surface area contributed by atoms with Crippen LogP contribution < -0.4 is 11.1 Å². The molecule has 3 N–H and O–H groups in total. The maximum Gasteiger partial charge on any atom is 0.253 e. The molecule has 0 aliphatic rings. The number of hydrogen-bond acceptors (Lipinski definition) is 2. The molecule has 20 heavy (non-hydrogen) atoms. The maximum atomic E-state index is 12.1. The van der Waals surface area contributed by atoms with Crippen LogP contribution in [0.15, 0.2) is 46.9 Å². The second-order valence-electron chi connectivity index (χ2n) is 4.28. The second kappa shape index (κ2) is 6.88. The Labute approximate surface area is 131 Å². The fourth-order valence-electron chi connectivity index (χ4n) is 1.87. The molecule has 0 saturated carbocycles. The van der Waals surface area contributed by atoms with Crippen LogP contribution in [0.25, 0.3) is 0 Å². The van der Waals surface area contributed by atoms with Gasteiger partial charge in [-0.3, -0.25) is 4.79 Å². The van der Waals surface area contributed by atoms with E-state index in [-0.39, 0.29) is 5.91 Å². The number of carbonyl (C=O) groups excluding carboxylic acids is 1. The number of rotatable bonds is 4. The third-order valence-corrected chi connectivity index (χ3v) is 3.77. The fraction of sp³-hybridized carbons (Fsp3) is 0.133. The molecular weight excluding hydrogens is 340 g/mol. The van der Waals surface area contributed by atoms with E-state index in [9.17, 15) is 4.79 Å². The van der Waals surface area contributed by atoms with E-state index in [2.05, 4.69) is 21.2 Å². The highest BCUT2D eigenvalue weighted by atomic mass is 79.9. The summed E-state index contributed by atoms with van der Waals surface area (Å²) >= 11 is 9.36. The predicted molar refractivity (Wildman–Crippen MR) is 84.7 cm³/mol. The summed E-state index contributed by atoms with van der Waals surface area (Å²) in [6.45, 7) is 0.874. The number of amides is 1. The van der Waals surface area contributed by atoms with E-state index in [1.807, 2.05) is 24.3 Å². The van der Waals surface area contributed by atoms with Gasteiger partial charge in [-0.25, -0.2) is 0 Å². The van der Waals surface area contributed by atoms with E-state index in [1.165, 1.54) is 0 Å². The molecule has 5 heteroatoms. The first-order chi connectivity index (χ1) is 9.61. The van der Waals surface area contributed by atoms with Crippen LogP contribution in [-0.4, -0.2) is 5.91 Å². The van der Waals surface area contributed by atoms with Gasteiger partial charge >= 0.3 is 0 Å². The van der Waals surface area contributed by atoms with Crippen LogP contribution >= 0.6 is 27.5 Å². The molecule has 0 aliphatic heterocycles. The molecule has 2 aromatic rings. The summed E-state index contributed by atoms with van der Waals surface area (Å²) in [5.41, 5.74) is 8.15. The minimum Gasteiger partial charge on any atom is -0.348 e. The lowest BCUT2D eigenvalue weighted by atomic mass is 10.1. The van der Waals surface area contributed by atoms with E-state index >= 15 is 0 Å². The average molecular weight is 354 g/mol. The Morgan fingerprint density at radius 2 is 1.90 bits per heavy atom. The van der Waals surface area contributed by atoms with Crippen molar-refractivity contribution in [3.63, 3.8) is 0 Å². The summed E-state index contributed by atoms with van der Waals surface area (Å²) in [5.74, 6) is -0.205. The zero-order chi connectivity index (χ0) is 14.5. The number of nitrogens with two attached hydrogens (primary N) is 1. The van der Waals surface area contributed by atoms with E-state index in [0.29, 0.717) is 23.7 Å². The third kappa shape index (κ3) is 3.60. The number of halogens is 2. The molecule has 0 unspecified atom stereocenters. The Morgan fingerprint density at radius 1 is 1.20 bits per heavy atom. The lowest BCUT2D eigenvalue weighted by Crippen LogP contribution is -2.24. The predicted octanol–water partition coefficient (Wildman–Crippen LogP) is 3.49. The molecule has 1 amide bonds. The van der Waals surface area contributed by atoms with Crippen molar-refractivity contribution in [3.05, 3.63) is 68.7 Å². The van der Waals surface area contributed by atoms with E-state index < -0.39 is 0 Å². The number of hydrogen-bond donors (Lipinski definition) is 2. The Balaban J connectivity index is 2.11. The molecule has 3 nitrogen and oxygen atoms in total. The average Bonchev–Trinajstić information content (AvgIpc) is 2.47. The summed E-state index contributed by atoms with van der Waals surface area (Å²) in [4.78, 5) is 12.1. The minimum absolute atomic E-state index is 0.205. The largest absolute Gasteiger partial charge is 0.348 e. The van der Waals surface area contributed by atoms with Crippen LogP contribution in [0.3, 0.4) is 0 Å². The molecule has 0 atom stereocenters. The van der Waals surface area contributed by atoms with Gasteiger partial charge in [0, 0.05) is 17.6 Å². The summed E-state index contributed by atoms with van der Waals surface area (Å²) in [5, 5.41) is 3.29. The van der Waals surface area contributed by atoms with Gasteiger partial charge in [0.05, 0.1) is 10.6 Å². The summed E-state index contributed by atoms with van der Waals surface area (Å²) in [6, 6.07) is 12.9. The Bertz CT molecular complexity index is 631. The summed E-state index contributed by atoms with van der Waals surface area (Å²) in [7, 11) is 0. The molecule has 0 aliphatic carbocycles. The van der Waals surface area contributed by atoms with E-state index in [1.54, 1.807) is 18.2 Å². The van der Waals surface area contributed by atoms with Crippen molar-refractivity contribution >= 4 is 33.4 Å². The molecule has 0 radical (unpaired) electrons. The lowest BCUT2D eigenvalue weighted by Gasteiger charge is -2.10. The van der Waals surface area contributed by atoms with Crippen LogP contribution in [0.2, 0.25) is 5.02 Å². The van der Waals surface area contributed by atoms with Crippen molar-refractivity contribution in [1.29, 1.82) is 0 Å². The molecular formula is C15H14BrClN2O. The number of carbonyl (C=O) groups is 1. The van der Waals surface area contributed by atoms with E-state index in [4.69, 9.17) is 17.3 Å². The second-order valence-corrected chi connectivity index (χ2v) is 5.60. The van der Waals surface area contributed by atoms with Crippen molar-refractivity contribution in [2.75, 3.05) is 0 Å². The van der Waals surface area contributed by atoms with Gasteiger partial charge in [0.2, 0.25) is 0 Å². The van der Waals surface area contributed by atoms with Gasteiger partial charge in [-0.15, -0.1) is 0 Å². The Morgan fingerprint density at radius 3 is 2.60 bits per heavy atom. The van der Waals surface area contributed by atoms with Crippen molar-refractivity contribution in [2.24, 2.45) is 5.73 Å². The van der Waals surface area contributed by atoms with Crippen LogP contribution in [0, 0.1) is 0 Å². The first-order valence-electron chi connectivity index (χ1n) is 6.12. The zero-order valence-corrected chi connectivity index (χ0v) is 13.0. The van der Waals surface area contributed by atoms with Gasteiger partial charge in [-0.2, -0.15) is 0 Å². The van der Waals surface area contributed by atoms with Crippen LogP contribution in [0.4, 0.5) is 0 Å². The summed E-state index contributed by atoms with van der Waals surface area (Å²) < 4.78 is 0.814. The SMILES string of the molecule is NCc1ccccc1CNC(=O)c1cc(Br)ccc1Cl. The fourth-order valence-corrected chi connectivity index (χ4v) is 2.44. The van der Waals surface area contributed by atoms with Gasteiger partial charge < -0.3 is 11.1 Å². The van der Waals surface area contributed by atoms with Gasteiger partial charge in [0.1, 0.15) is 0 Å². The molecule has 0 aromatic heterocycles. The highest BCUT2D eigenvalue weighted by Crippen LogP contribution is 2.21. The topological polar surface area (TPSA) is 55.1 Å². The molecule has 0 heterocycles. The van der Waals surface area contributed by atoms with Crippen molar-refractivity contribution in [1.82, 2.24) is 5.32 Å². The molecule has 0 saturated heterocycles. The van der Waals surface area contributed by atoms with Gasteiger partial charge in [0.25, 0.3) is 5.91 Å². The monoisotopic (exact) mass is 352 g/mol. The quantitative estimate of drug-likeness (QED) is 0.884. The molecule has 0 spiro atoms. The van der Waals surface area contributed by atoms with Crippen molar-refractivity contribution in [3.8, 4) is 0 Å². The Hall–Kier alpha value is -1.36. The van der Waals surface area contributed by atoms with Crippen molar-refractivity contribution in [2.45, 2.75) is 13.1 Å². The minimum atomic E-state index is -0.205. The van der Waals surface area contributed by atoms with Crippen molar-refractivity contribution < 1.29 is 4.79 Å². The zero-order valence-electron chi connectivity index (χ0n) is 10.7. The smallest absolute Gasteiger partial charge is 0.253 e.